The summed E-state index contributed by atoms with van der Waals surface area (Å²) in [5.41, 5.74) is 2.56. The average molecular weight is 357 g/mol. The van der Waals surface area contributed by atoms with Gasteiger partial charge in [0.15, 0.2) is 0 Å². The molecule has 0 heterocycles. The van der Waals surface area contributed by atoms with E-state index in [-0.39, 0.29) is 11.7 Å². The van der Waals surface area contributed by atoms with Crippen molar-refractivity contribution in [3.8, 4) is 0 Å². The minimum Gasteiger partial charge on any atom is -0.322 e. The van der Waals surface area contributed by atoms with E-state index < -0.39 is 0 Å². The molecule has 0 radical (unpaired) electrons. The van der Waals surface area contributed by atoms with Gasteiger partial charge in [0.25, 0.3) is 5.91 Å². The highest BCUT2D eigenvalue weighted by Gasteiger charge is 2.11. The fraction of sp³-hybridized carbons (Fsp3) is 0.133. The summed E-state index contributed by atoms with van der Waals surface area (Å²) in [4.78, 5) is 12.2. The Morgan fingerprint density at radius 1 is 1.20 bits per heavy atom. The highest BCUT2D eigenvalue weighted by atomic mass is 79.9. The summed E-state index contributed by atoms with van der Waals surface area (Å²) in [7, 11) is 0. The highest BCUT2D eigenvalue weighted by Crippen LogP contribution is 2.25. The number of hydrogen-bond acceptors (Lipinski definition) is 1. The Kier molecular flexibility index (Phi) is 4.45. The van der Waals surface area contributed by atoms with Gasteiger partial charge in [0.2, 0.25) is 0 Å². The Bertz CT molecular complexity index is 688. The van der Waals surface area contributed by atoms with Gasteiger partial charge in [-0.3, -0.25) is 4.79 Å². The molecule has 2 nitrogen and oxygen atoms in total. The number of amides is 1. The zero-order valence-corrected chi connectivity index (χ0v) is 13.3. The minimum absolute atomic E-state index is 0.258. The third-order valence-electron chi connectivity index (χ3n) is 2.94. The van der Waals surface area contributed by atoms with Crippen molar-refractivity contribution in [3.63, 3.8) is 0 Å². The molecule has 0 saturated carbocycles. The molecular weight excluding hydrogens is 345 g/mol. The minimum atomic E-state index is -0.358. The number of carbonyl (C=O) groups is 1. The summed E-state index contributed by atoms with van der Waals surface area (Å²) in [6.45, 7) is 3.57. The number of rotatable bonds is 2. The molecule has 0 aliphatic rings. The van der Waals surface area contributed by atoms with Crippen molar-refractivity contribution in [1.82, 2.24) is 0 Å². The number of aryl methyl sites for hydroxylation is 2. The summed E-state index contributed by atoms with van der Waals surface area (Å²) in [5, 5.41) is 3.38. The van der Waals surface area contributed by atoms with Crippen LogP contribution in [0, 0.1) is 19.7 Å². The summed E-state index contributed by atoms with van der Waals surface area (Å²) >= 11 is 9.03. The lowest BCUT2D eigenvalue weighted by atomic mass is 10.1. The first kappa shape index (κ1) is 15.0. The fourth-order valence-electron chi connectivity index (χ4n) is 1.76. The number of benzene rings is 2. The zero-order valence-electron chi connectivity index (χ0n) is 10.9. The van der Waals surface area contributed by atoms with E-state index in [9.17, 15) is 9.18 Å². The second kappa shape index (κ2) is 5.94. The molecule has 1 amide bonds. The Hall–Kier alpha value is -1.39. The lowest BCUT2D eigenvalue weighted by molar-refractivity contribution is 0.102. The molecule has 0 bridgehead atoms. The predicted octanol–water partition coefficient (Wildman–Crippen LogP) is 5.11. The first-order chi connectivity index (χ1) is 9.38. The molecule has 0 fully saturated rings. The summed E-state index contributed by atoms with van der Waals surface area (Å²) < 4.78 is 13.7. The third kappa shape index (κ3) is 3.19. The van der Waals surface area contributed by atoms with Crippen LogP contribution in [0.1, 0.15) is 21.5 Å². The standard InChI is InChI=1S/C15H12BrClFNO/c1-8-5-10(3-4-12(8)17)15(20)19-14-7-11(16)13(18)6-9(14)2/h3-7H,1-2H3,(H,19,20). The van der Waals surface area contributed by atoms with Crippen molar-refractivity contribution in [3.05, 3.63) is 62.3 Å². The fourth-order valence-corrected chi connectivity index (χ4v) is 2.22. The first-order valence-corrected chi connectivity index (χ1v) is 7.08. The van der Waals surface area contributed by atoms with Crippen LogP contribution in [0.15, 0.2) is 34.8 Å². The van der Waals surface area contributed by atoms with Gasteiger partial charge in [-0.05, 0) is 71.2 Å². The van der Waals surface area contributed by atoms with Crippen molar-refractivity contribution in [1.29, 1.82) is 0 Å². The highest BCUT2D eigenvalue weighted by molar-refractivity contribution is 9.10. The van der Waals surface area contributed by atoms with Gasteiger partial charge in [-0.15, -0.1) is 0 Å². The van der Waals surface area contributed by atoms with Crippen LogP contribution in [0.25, 0.3) is 0 Å². The molecule has 2 aromatic rings. The largest absolute Gasteiger partial charge is 0.322 e. The summed E-state index contributed by atoms with van der Waals surface area (Å²) in [6, 6.07) is 7.96. The van der Waals surface area contributed by atoms with Crippen molar-refractivity contribution in [2.45, 2.75) is 13.8 Å². The lowest BCUT2D eigenvalue weighted by Gasteiger charge is -2.10. The van der Waals surface area contributed by atoms with E-state index in [1.807, 2.05) is 6.92 Å². The van der Waals surface area contributed by atoms with E-state index in [0.717, 1.165) is 5.56 Å². The molecular formula is C15H12BrClFNO. The molecule has 0 unspecified atom stereocenters. The molecule has 2 aromatic carbocycles. The van der Waals surface area contributed by atoms with Gasteiger partial charge >= 0.3 is 0 Å². The Morgan fingerprint density at radius 3 is 2.55 bits per heavy atom. The Morgan fingerprint density at radius 2 is 1.90 bits per heavy atom. The van der Waals surface area contributed by atoms with Crippen LogP contribution in [0.5, 0.6) is 0 Å². The predicted molar refractivity (Wildman–Crippen MR) is 83.0 cm³/mol. The molecule has 0 aliphatic carbocycles. The van der Waals surface area contributed by atoms with Crippen molar-refractivity contribution < 1.29 is 9.18 Å². The maximum Gasteiger partial charge on any atom is 0.255 e. The molecule has 0 saturated heterocycles. The number of carbonyl (C=O) groups excluding carboxylic acids is 1. The van der Waals surface area contributed by atoms with Crippen molar-refractivity contribution in [2.75, 3.05) is 5.32 Å². The van der Waals surface area contributed by atoms with Gasteiger partial charge in [0.05, 0.1) is 4.47 Å². The quantitative estimate of drug-likeness (QED) is 0.796. The van der Waals surface area contributed by atoms with E-state index in [4.69, 9.17) is 11.6 Å². The number of hydrogen-bond donors (Lipinski definition) is 1. The average Bonchev–Trinajstić information content (AvgIpc) is 2.39. The van der Waals surface area contributed by atoms with E-state index in [1.54, 1.807) is 31.2 Å². The summed E-state index contributed by atoms with van der Waals surface area (Å²) in [6.07, 6.45) is 0. The monoisotopic (exact) mass is 355 g/mol. The van der Waals surface area contributed by atoms with Crippen LogP contribution in [0.3, 0.4) is 0 Å². The van der Waals surface area contributed by atoms with Gasteiger partial charge in [-0.1, -0.05) is 11.6 Å². The van der Waals surface area contributed by atoms with Crippen molar-refractivity contribution in [2.24, 2.45) is 0 Å². The van der Waals surface area contributed by atoms with Crippen LogP contribution >= 0.6 is 27.5 Å². The molecule has 0 aliphatic heterocycles. The second-order valence-electron chi connectivity index (χ2n) is 4.50. The number of nitrogens with one attached hydrogen (secondary N) is 1. The molecule has 20 heavy (non-hydrogen) atoms. The molecule has 0 spiro atoms. The molecule has 5 heteroatoms. The number of anilines is 1. The molecule has 0 aromatic heterocycles. The SMILES string of the molecule is Cc1cc(C(=O)Nc2cc(Br)c(F)cc2C)ccc1Cl. The zero-order chi connectivity index (χ0) is 14.9. The topological polar surface area (TPSA) is 29.1 Å². The van der Waals surface area contributed by atoms with E-state index in [1.165, 1.54) is 6.07 Å². The Balaban J connectivity index is 2.27. The van der Waals surface area contributed by atoms with E-state index >= 15 is 0 Å². The smallest absolute Gasteiger partial charge is 0.255 e. The van der Waals surface area contributed by atoms with Crippen molar-refractivity contribution >= 4 is 39.1 Å². The first-order valence-electron chi connectivity index (χ1n) is 5.91. The van der Waals surface area contributed by atoms with Gasteiger partial charge in [0.1, 0.15) is 5.82 Å². The maximum absolute atomic E-state index is 13.3. The normalized spacial score (nSPS) is 10.4. The van der Waals surface area contributed by atoms with Gasteiger partial charge in [-0.2, -0.15) is 0 Å². The molecule has 0 atom stereocenters. The van der Waals surface area contributed by atoms with Gasteiger partial charge in [-0.25, -0.2) is 4.39 Å². The van der Waals surface area contributed by atoms with Gasteiger partial charge in [0, 0.05) is 16.3 Å². The van der Waals surface area contributed by atoms with Crippen LogP contribution in [0.2, 0.25) is 5.02 Å². The van der Waals surface area contributed by atoms with Crippen LogP contribution in [0.4, 0.5) is 10.1 Å². The van der Waals surface area contributed by atoms with Crippen LogP contribution in [-0.4, -0.2) is 5.91 Å². The number of halogens is 3. The maximum atomic E-state index is 13.3. The molecule has 104 valence electrons. The van der Waals surface area contributed by atoms with E-state index in [0.29, 0.717) is 26.3 Å². The van der Waals surface area contributed by atoms with Crippen LogP contribution in [-0.2, 0) is 0 Å². The lowest BCUT2D eigenvalue weighted by Crippen LogP contribution is -2.13. The molecule has 1 N–H and O–H groups in total. The summed E-state index contributed by atoms with van der Waals surface area (Å²) in [5.74, 6) is -0.616. The third-order valence-corrected chi connectivity index (χ3v) is 3.97. The molecule has 2 rings (SSSR count). The van der Waals surface area contributed by atoms with Gasteiger partial charge < -0.3 is 5.32 Å². The second-order valence-corrected chi connectivity index (χ2v) is 5.76. The van der Waals surface area contributed by atoms with Crippen LogP contribution < -0.4 is 5.32 Å². The Labute approximate surface area is 130 Å². The van der Waals surface area contributed by atoms with E-state index in [2.05, 4.69) is 21.2 Å².